The molecule has 1 N–H and O–H groups in total. The Morgan fingerprint density at radius 1 is 0.895 bits per heavy atom. The SMILES string of the molecule is CCCCCCCCCCNC(CCCl)C(C)(C)C. The summed E-state index contributed by atoms with van der Waals surface area (Å²) in [5.74, 6) is 0.756. The van der Waals surface area contributed by atoms with Gasteiger partial charge < -0.3 is 5.32 Å². The van der Waals surface area contributed by atoms with Gasteiger partial charge in [0.1, 0.15) is 0 Å². The molecular formula is C17H36ClN. The first-order valence-electron chi connectivity index (χ1n) is 8.31. The monoisotopic (exact) mass is 289 g/mol. The molecule has 116 valence electrons. The van der Waals surface area contributed by atoms with E-state index in [9.17, 15) is 0 Å². The Hall–Kier alpha value is 0.250. The quantitative estimate of drug-likeness (QED) is 0.356. The summed E-state index contributed by atoms with van der Waals surface area (Å²) in [6.45, 7) is 10.3. The highest BCUT2D eigenvalue weighted by Gasteiger charge is 2.22. The van der Waals surface area contributed by atoms with Crippen LogP contribution in [-0.4, -0.2) is 18.5 Å². The third-order valence-corrected chi connectivity index (χ3v) is 4.08. The van der Waals surface area contributed by atoms with Crippen molar-refractivity contribution in [3.63, 3.8) is 0 Å². The van der Waals surface area contributed by atoms with Gasteiger partial charge in [0.15, 0.2) is 0 Å². The molecule has 0 aromatic heterocycles. The van der Waals surface area contributed by atoms with Crippen LogP contribution in [0.2, 0.25) is 0 Å². The highest BCUT2D eigenvalue weighted by atomic mass is 35.5. The zero-order valence-corrected chi connectivity index (χ0v) is 14.5. The second-order valence-corrected chi connectivity index (χ2v) is 7.20. The fourth-order valence-electron chi connectivity index (χ4n) is 2.49. The number of hydrogen-bond donors (Lipinski definition) is 1. The zero-order chi connectivity index (χ0) is 14.6. The minimum Gasteiger partial charge on any atom is -0.313 e. The average Bonchev–Trinajstić information content (AvgIpc) is 2.34. The van der Waals surface area contributed by atoms with Crippen LogP contribution < -0.4 is 5.32 Å². The molecular weight excluding hydrogens is 254 g/mol. The fraction of sp³-hybridized carbons (Fsp3) is 1.00. The van der Waals surface area contributed by atoms with E-state index in [0.29, 0.717) is 11.5 Å². The summed E-state index contributed by atoms with van der Waals surface area (Å²) in [7, 11) is 0. The van der Waals surface area contributed by atoms with Crippen molar-refractivity contribution < 1.29 is 0 Å². The predicted molar refractivity (Wildman–Crippen MR) is 89.2 cm³/mol. The van der Waals surface area contributed by atoms with Gasteiger partial charge in [-0.25, -0.2) is 0 Å². The molecule has 1 unspecified atom stereocenters. The lowest BCUT2D eigenvalue weighted by atomic mass is 9.85. The van der Waals surface area contributed by atoms with Crippen LogP contribution in [0.4, 0.5) is 0 Å². The molecule has 0 aliphatic carbocycles. The van der Waals surface area contributed by atoms with Crippen LogP contribution in [0, 0.1) is 5.41 Å². The number of rotatable bonds is 12. The molecule has 0 aliphatic rings. The number of hydrogen-bond acceptors (Lipinski definition) is 1. The molecule has 0 fully saturated rings. The topological polar surface area (TPSA) is 12.0 Å². The maximum absolute atomic E-state index is 5.89. The lowest BCUT2D eigenvalue weighted by molar-refractivity contribution is 0.261. The summed E-state index contributed by atoms with van der Waals surface area (Å²) in [5.41, 5.74) is 0.315. The fourth-order valence-corrected chi connectivity index (χ4v) is 2.70. The van der Waals surface area contributed by atoms with Crippen LogP contribution in [0.15, 0.2) is 0 Å². The van der Waals surface area contributed by atoms with Gasteiger partial charge in [-0.1, -0.05) is 72.6 Å². The van der Waals surface area contributed by atoms with Gasteiger partial charge in [0.2, 0.25) is 0 Å². The van der Waals surface area contributed by atoms with E-state index in [1.165, 1.54) is 51.4 Å². The Balaban J connectivity index is 3.45. The molecule has 19 heavy (non-hydrogen) atoms. The van der Waals surface area contributed by atoms with Crippen LogP contribution in [0.25, 0.3) is 0 Å². The Morgan fingerprint density at radius 2 is 1.42 bits per heavy atom. The lowest BCUT2D eigenvalue weighted by Gasteiger charge is -2.31. The van der Waals surface area contributed by atoms with Gasteiger partial charge in [-0.2, -0.15) is 0 Å². The summed E-state index contributed by atoms with van der Waals surface area (Å²) >= 11 is 5.89. The van der Waals surface area contributed by atoms with Gasteiger partial charge in [0.25, 0.3) is 0 Å². The summed E-state index contributed by atoms with van der Waals surface area (Å²) in [6.07, 6.45) is 12.2. The highest BCUT2D eigenvalue weighted by Crippen LogP contribution is 2.22. The Morgan fingerprint density at radius 3 is 1.89 bits per heavy atom. The van der Waals surface area contributed by atoms with E-state index in [1.807, 2.05) is 0 Å². The second-order valence-electron chi connectivity index (χ2n) is 6.83. The maximum Gasteiger partial charge on any atom is 0.0238 e. The van der Waals surface area contributed by atoms with E-state index in [1.54, 1.807) is 0 Å². The minimum atomic E-state index is 0.315. The van der Waals surface area contributed by atoms with Crippen LogP contribution in [-0.2, 0) is 0 Å². The molecule has 0 saturated carbocycles. The first-order valence-corrected chi connectivity index (χ1v) is 8.85. The van der Waals surface area contributed by atoms with Gasteiger partial charge in [-0.3, -0.25) is 0 Å². The van der Waals surface area contributed by atoms with Crippen molar-refractivity contribution in [3.8, 4) is 0 Å². The largest absolute Gasteiger partial charge is 0.313 e. The molecule has 0 rings (SSSR count). The first kappa shape index (κ1) is 19.2. The van der Waals surface area contributed by atoms with Crippen molar-refractivity contribution in [1.82, 2.24) is 5.32 Å². The van der Waals surface area contributed by atoms with E-state index in [-0.39, 0.29) is 0 Å². The molecule has 0 aliphatic heterocycles. The number of alkyl halides is 1. The summed E-state index contributed by atoms with van der Waals surface area (Å²) in [4.78, 5) is 0. The molecule has 0 aromatic carbocycles. The summed E-state index contributed by atoms with van der Waals surface area (Å²) in [6, 6.07) is 0.551. The van der Waals surface area contributed by atoms with Crippen molar-refractivity contribution in [3.05, 3.63) is 0 Å². The van der Waals surface area contributed by atoms with Crippen molar-refractivity contribution in [2.75, 3.05) is 12.4 Å². The van der Waals surface area contributed by atoms with Gasteiger partial charge in [-0.15, -0.1) is 11.6 Å². The standard InChI is InChI=1S/C17H36ClN/c1-5-6-7-8-9-10-11-12-15-19-16(13-14-18)17(2,3)4/h16,19H,5-15H2,1-4H3. The van der Waals surface area contributed by atoms with Gasteiger partial charge in [0, 0.05) is 11.9 Å². The van der Waals surface area contributed by atoms with Crippen LogP contribution in [0.5, 0.6) is 0 Å². The van der Waals surface area contributed by atoms with Crippen molar-refractivity contribution in [2.45, 2.75) is 91.5 Å². The molecule has 0 radical (unpaired) electrons. The second kappa shape index (κ2) is 12.0. The molecule has 0 aromatic rings. The summed E-state index contributed by atoms with van der Waals surface area (Å²) < 4.78 is 0. The van der Waals surface area contributed by atoms with Gasteiger partial charge in [-0.05, 0) is 24.8 Å². The predicted octanol–water partition coefficient (Wildman–Crippen LogP) is 5.76. The summed E-state index contributed by atoms with van der Waals surface area (Å²) in [5, 5.41) is 3.69. The Labute approximate surface area is 126 Å². The van der Waals surface area contributed by atoms with E-state index < -0.39 is 0 Å². The third-order valence-electron chi connectivity index (χ3n) is 3.86. The first-order chi connectivity index (χ1) is 9.02. The van der Waals surface area contributed by atoms with E-state index in [4.69, 9.17) is 11.6 Å². The third kappa shape index (κ3) is 11.8. The minimum absolute atomic E-state index is 0.315. The van der Waals surface area contributed by atoms with Crippen LogP contribution in [0.3, 0.4) is 0 Å². The average molecular weight is 290 g/mol. The number of halogens is 1. The molecule has 2 heteroatoms. The molecule has 0 amide bonds. The molecule has 0 heterocycles. The Bertz CT molecular complexity index is 186. The van der Waals surface area contributed by atoms with Gasteiger partial charge >= 0.3 is 0 Å². The zero-order valence-electron chi connectivity index (χ0n) is 13.7. The van der Waals surface area contributed by atoms with E-state index in [0.717, 1.165) is 18.8 Å². The number of nitrogens with one attached hydrogen (secondary N) is 1. The molecule has 0 bridgehead atoms. The van der Waals surface area contributed by atoms with Crippen molar-refractivity contribution in [1.29, 1.82) is 0 Å². The van der Waals surface area contributed by atoms with E-state index >= 15 is 0 Å². The normalized spacial score (nSPS) is 13.7. The van der Waals surface area contributed by atoms with Gasteiger partial charge in [0.05, 0.1) is 0 Å². The highest BCUT2D eigenvalue weighted by molar-refractivity contribution is 6.17. The molecule has 1 atom stereocenters. The maximum atomic E-state index is 5.89. The molecule has 0 spiro atoms. The van der Waals surface area contributed by atoms with Crippen molar-refractivity contribution >= 4 is 11.6 Å². The smallest absolute Gasteiger partial charge is 0.0238 e. The van der Waals surface area contributed by atoms with Crippen LogP contribution in [0.1, 0.15) is 85.5 Å². The molecule has 0 saturated heterocycles. The van der Waals surface area contributed by atoms with Crippen LogP contribution >= 0.6 is 11.6 Å². The van der Waals surface area contributed by atoms with Crippen molar-refractivity contribution in [2.24, 2.45) is 5.41 Å². The Kier molecular flexibility index (Phi) is 12.2. The number of unbranched alkanes of at least 4 members (excludes halogenated alkanes) is 7. The molecule has 1 nitrogen and oxygen atoms in total. The van der Waals surface area contributed by atoms with E-state index in [2.05, 4.69) is 33.0 Å². The lowest BCUT2D eigenvalue weighted by Crippen LogP contribution is -2.41.